The quantitative estimate of drug-likeness (QED) is 0.653. The van der Waals surface area contributed by atoms with Crippen LogP contribution in [0.25, 0.3) is 12.2 Å². The largest absolute Gasteiger partial charge is 0.375 e. The maximum Gasteiger partial charge on any atom is 0.268 e. The lowest BCUT2D eigenvalue weighted by molar-refractivity contribution is 0.0980. The highest BCUT2D eigenvalue weighted by atomic mass is 32.2. The second-order valence-corrected chi connectivity index (χ2v) is 9.16. The van der Waals surface area contributed by atoms with Gasteiger partial charge in [-0.25, -0.2) is 12.4 Å². The summed E-state index contributed by atoms with van der Waals surface area (Å²) in [5.41, 5.74) is 0.553. The summed E-state index contributed by atoms with van der Waals surface area (Å²) in [6.07, 6.45) is 5.51. The molecular weight excluding hydrogens is 410 g/mol. The molecular formula is C25H21NO4S. The number of nitrogens with zero attached hydrogens (tertiary/aromatic N) is 1. The minimum absolute atomic E-state index is 0.0708. The van der Waals surface area contributed by atoms with Gasteiger partial charge in [0.05, 0.1) is 16.3 Å². The number of hydrogen-bond acceptors (Lipinski definition) is 4. The summed E-state index contributed by atoms with van der Waals surface area (Å²) < 4.78 is 28.5. The van der Waals surface area contributed by atoms with Crippen LogP contribution < -0.4 is 0 Å². The average molecular weight is 432 g/mol. The van der Waals surface area contributed by atoms with Crippen molar-refractivity contribution in [3.8, 4) is 0 Å². The third kappa shape index (κ3) is 3.12. The number of hydrogen-bond donors (Lipinski definition) is 1. The molecule has 1 aliphatic carbocycles. The fourth-order valence-electron chi connectivity index (χ4n) is 3.86. The number of allylic oxidation sites excluding steroid dienone is 1. The highest BCUT2D eigenvalue weighted by Gasteiger charge is 2.41. The second kappa shape index (κ2) is 7.34. The summed E-state index contributed by atoms with van der Waals surface area (Å²) in [7, 11) is -4.10. The van der Waals surface area contributed by atoms with Gasteiger partial charge in [-0.1, -0.05) is 61.2 Å². The molecule has 1 heterocycles. The van der Waals surface area contributed by atoms with Crippen molar-refractivity contribution in [1.29, 1.82) is 0 Å². The number of aryl methyl sites for hydroxylation is 1. The van der Waals surface area contributed by atoms with Crippen LogP contribution in [-0.4, -0.2) is 23.3 Å². The Bertz CT molecular complexity index is 1360. The molecule has 0 radical (unpaired) electrons. The van der Waals surface area contributed by atoms with Gasteiger partial charge in [-0.2, -0.15) is 0 Å². The minimum Gasteiger partial charge on any atom is -0.375 e. The van der Waals surface area contributed by atoms with E-state index in [9.17, 15) is 18.3 Å². The van der Waals surface area contributed by atoms with Gasteiger partial charge < -0.3 is 5.11 Å². The summed E-state index contributed by atoms with van der Waals surface area (Å²) in [5, 5.41) is 11.8. The molecule has 4 rings (SSSR count). The van der Waals surface area contributed by atoms with Crippen molar-refractivity contribution in [2.24, 2.45) is 0 Å². The monoisotopic (exact) mass is 431 g/mol. The van der Waals surface area contributed by atoms with Crippen LogP contribution in [0.15, 0.2) is 84.8 Å². The van der Waals surface area contributed by atoms with E-state index in [1.807, 2.05) is 6.92 Å². The number of carbonyl (C=O) groups is 1. The van der Waals surface area contributed by atoms with Gasteiger partial charge in [-0.15, -0.1) is 0 Å². The van der Waals surface area contributed by atoms with Crippen molar-refractivity contribution in [1.82, 2.24) is 3.97 Å². The lowest BCUT2D eigenvalue weighted by Crippen LogP contribution is -2.34. The predicted octanol–water partition coefficient (Wildman–Crippen LogP) is 4.31. The molecule has 31 heavy (non-hydrogen) atoms. The van der Waals surface area contributed by atoms with E-state index in [-0.39, 0.29) is 22.1 Å². The van der Waals surface area contributed by atoms with Crippen LogP contribution in [0.1, 0.15) is 38.4 Å². The van der Waals surface area contributed by atoms with E-state index in [2.05, 4.69) is 13.2 Å². The van der Waals surface area contributed by atoms with Gasteiger partial charge in [0.2, 0.25) is 0 Å². The van der Waals surface area contributed by atoms with Crippen LogP contribution in [0.3, 0.4) is 0 Å². The zero-order valence-electron chi connectivity index (χ0n) is 16.9. The van der Waals surface area contributed by atoms with Crippen molar-refractivity contribution in [2.75, 3.05) is 0 Å². The molecule has 0 aliphatic heterocycles. The first kappa shape index (κ1) is 20.8. The number of benzene rings is 2. The lowest BCUT2D eigenvalue weighted by atomic mass is 9.81. The van der Waals surface area contributed by atoms with E-state index in [1.165, 1.54) is 36.4 Å². The Morgan fingerprint density at radius 3 is 2.35 bits per heavy atom. The molecule has 3 aromatic rings. The van der Waals surface area contributed by atoms with Gasteiger partial charge in [0.15, 0.2) is 11.4 Å². The molecule has 0 amide bonds. The molecule has 0 spiro atoms. The van der Waals surface area contributed by atoms with E-state index >= 15 is 0 Å². The van der Waals surface area contributed by atoms with E-state index in [1.54, 1.807) is 42.5 Å². The second-order valence-electron chi connectivity index (χ2n) is 7.37. The van der Waals surface area contributed by atoms with Gasteiger partial charge in [-0.3, -0.25) is 4.79 Å². The highest BCUT2D eigenvalue weighted by molar-refractivity contribution is 7.90. The Morgan fingerprint density at radius 1 is 1.03 bits per heavy atom. The van der Waals surface area contributed by atoms with E-state index < -0.39 is 15.6 Å². The molecule has 0 bridgehead atoms. The molecule has 1 atom stereocenters. The average Bonchev–Trinajstić information content (AvgIpc) is 3.17. The number of rotatable bonds is 5. The third-order valence-corrected chi connectivity index (χ3v) is 7.21. The third-order valence-electron chi connectivity index (χ3n) is 5.47. The van der Waals surface area contributed by atoms with Crippen molar-refractivity contribution in [3.05, 3.63) is 114 Å². The predicted molar refractivity (Wildman–Crippen MR) is 121 cm³/mol. The maximum absolute atomic E-state index is 13.7. The Morgan fingerprint density at radius 2 is 1.71 bits per heavy atom. The van der Waals surface area contributed by atoms with Crippen molar-refractivity contribution in [2.45, 2.75) is 17.4 Å². The molecule has 1 aromatic heterocycles. The summed E-state index contributed by atoms with van der Waals surface area (Å²) in [4.78, 5) is 12.4. The van der Waals surface area contributed by atoms with Crippen LogP contribution in [0.5, 0.6) is 0 Å². The number of aliphatic hydroxyl groups is 1. The molecule has 6 heteroatoms. The number of fused-ring (bicyclic) bond motifs is 1. The standard InChI is InChI=1S/C25H21NO4S/c1-4-18-16-24(25(28)15-14-23(27)20-8-6-7-9-21(20)25)26(22(18)5-2)31(29,30)19-12-10-17(3)11-13-19/h4-16,28H,1-2H2,3H3. The van der Waals surface area contributed by atoms with Crippen molar-refractivity contribution >= 4 is 28.0 Å². The van der Waals surface area contributed by atoms with Crippen LogP contribution in [0.2, 0.25) is 0 Å². The van der Waals surface area contributed by atoms with Crippen molar-refractivity contribution < 1.29 is 18.3 Å². The van der Waals surface area contributed by atoms with Crippen LogP contribution >= 0.6 is 0 Å². The molecule has 1 N–H and O–H groups in total. The Kier molecular flexibility index (Phi) is 4.92. The van der Waals surface area contributed by atoms with Crippen LogP contribution in [-0.2, 0) is 15.6 Å². The smallest absolute Gasteiger partial charge is 0.268 e. The number of carbonyl (C=O) groups excluding carboxylic acids is 1. The molecule has 1 unspecified atom stereocenters. The number of aromatic nitrogens is 1. The summed E-state index contributed by atoms with van der Waals surface area (Å²) in [6, 6.07) is 14.6. The highest BCUT2D eigenvalue weighted by Crippen LogP contribution is 2.40. The van der Waals surface area contributed by atoms with Gasteiger partial charge in [0.25, 0.3) is 10.0 Å². The summed E-state index contributed by atoms with van der Waals surface area (Å²) in [5.74, 6) is -0.257. The molecule has 5 nitrogen and oxygen atoms in total. The Balaban J connectivity index is 2.08. The molecule has 1 aliphatic rings. The maximum atomic E-state index is 13.7. The first-order valence-electron chi connectivity index (χ1n) is 9.63. The topological polar surface area (TPSA) is 76.4 Å². The molecule has 2 aromatic carbocycles. The van der Waals surface area contributed by atoms with Crippen molar-refractivity contribution in [3.63, 3.8) is 0 Å². The van der Waals surface area contributed by atoms with Crippen LogP contribution in [0.4, 0.5) is 0 Å². The Hall–Kier alpha value is -3.48. The molecule has 0 fully saturated rings. The first-order chi connectivity index (χ1) is 14.7. The number of ketones is 1. The van der Waals surface area contributed by atoms with Gasteiger partial charge in [0.1, 0.15) is 0 Å². The van der Waals surface area contributed by atoms with E-state index in [0.29, 0.717) is 16.7 Å². The Labute approximate surface area is 181 Å². The van der Waals surface area contributed by atoms with E-state index in [4.69, 9.17) is 0 Å². The van der Waals surface area contributed by atoms with Gasteiger partial charge in [-0.05, 0) is 43.4 Å². The lowest BCUT2D eigenvalue weighted by Gasteiger charge is -2.31. The summed E-state index contributed by atoms with van der Waals surface area (Å²) >= 11 is 0. The summed E-state index contributed by atoms with van der Waals surface area (Å²) in [6.45, 7) is 9.41. The molecule has 0 saturated heterocycles. The zero-order chi connectivity index (χ0) is 22.4. The van der Waals surface area contributed by atoms with Gasteiger partial charge in [0, 0.05) is 16.7 Å². The van der Waals surface area contributed by atoms with E-state index in [0.717, 1.165) is 9.54 Å². The fourth-order valence-corrected chi connectivity index (χ4v) is 5.44. The molecule has 0 saturated carbocycles. The molecule has 156 valence electrons. The van der Waals surface area contributed by atoms with Crippen LogP contribution in [0, 0.1) is 6.92 Å². The zero-order valence-corrected chi connectivity index (χ0v) is 17.8. The first-order valence-corrected chi connectivity index (χ1v) is 11.1. The minimum atomic E-state index is -4.10. The normalized spacial score (nSPS) is 17.9. The van der Waals surface area contributed by atoms with Gasteiger partial charge >= 0.3 is 0 Å². The fraction of sp³-hybridized carbons (Fsp3) is 0.0800. The SMILES string of the molecule is C=Cc1cc(C2(O)C=CC(=O)c3ccccc32)n(S(=O)(=O)c2ccc(C)cc2)c1C=C.